The highest BCUT2D eigenvalue weighted by molar-refractivity contribution is 6.30. The van der Waals surface area contributed by atoms with Gasteiger partial charge in [0, 0.05) is 42.0 Å². The number of esters is 1. The molecule has 3 aromatic rings. The number of hydrogen-bond acceptors (Lipinski definition) is 8. The number of halogens is 1. The molecule has 11 nitrogen and oxygen atoms in total. The van der Waals surface area contributed by atoms with E-state index in [1.165, 1.54) is 23.5 Å². The summed E-state index contributed by atoms with van der Waals surface area (Å²) in [4.78, 5) is 41.0. The van der Waals surface area contributed by atoms with Crippen LogP contribution in [0.1, 0.15) is 35.3 Å². The molecule has 3 rings (SSSR count). The van der Waals surface area contributed by atoms with Gasteiger partial charge < -0.3 is 20.3 Å². The monoisotopic (exact) mass is 631 g/mol. The van der Waals surface area contributed by atoms with Crippen LogP contribution in [-0.4, -0.2) is 68.0 Å². The minimum absolute atomic E-state index is 0.243. The molecule has 0 aromatic heterocycles. The first-order chi connectivity index (χ1) is 21.7. The predicted octanol–water partition coefficient (Wildman–Crippen LogP) is 4.54. The van der Waals surface area contributed by atoms with Gasteiger partial charge in [0.25, 0.3) is 0 Å². The third-order valence-corrected chi connectivity index (χ3v) is 7.01. The van der Waals surface area contributed by atoms with E-state index in [0.717, 1.165) is 18.7 Å². The van der Waals surface area contributed by atoms with Crippen molar-refractivity contribution in [1.29, 1.82) is 0 Å². The molecule has 236 valence electrons. The van der Waals surface area contributed by atoms with E-state index < -0.39 is 23.8 Å². The van der Waals surface area contributed by atoms with Gasteiger partial charge in [0.2, 0.25) is 11.8 Å². The fourth-order valence-electron chi connectivity index (χ4n) is 4.30. The van der Waals surface area contributed by atoms with Gasteiger partial charge in [-0.05, 0) is 67.2 Å². The van der Waals surface area contributed by atoms with Gasteiger partial charge >= 0.3 is 5.97 Å². The van der Waals surface area contributed by atoms with Gasteiger partial charge in [0.05, 0.1) is 11.3 Å². The molecule has 0 aliphatic heterocycles. The van der Waals surface area contributed by atoms with E-state index >= 15 is 0 Å². The van der Waals surface area contributed by atoms with Crippen LogP contribution < -0.4 is 21.5 Å². The minimum Gasteiger partial charge on any atom is -0.461 e. The van der Waals surface area contributed by atoms with E-state index in [1.54, 1.807) is 42.5 Å². The van der Waals surface area contributed by atoms with Crippen LogP contribution in [0.5, 0.6) is 0 Å². The van der Waals surface area contributed by atoms with E-state index in [-0.39, 0.29) is 6.42 Å². The molecule has 12 heteroatoms. The van der Waals surface area contributed by atoms with Gasteiger partial charge in [-0.3, -0.25) is 14.6 Å². The minimum atomic E-state index is -0.912. The molecule has 0 saturated heterocycles. The van der Waals surface area contributed by atoms with Crippen LogP contribution >= 0.6 is 11.6 Å². The second-order valence-corrected chi connectivity index (χ2v) is 10.2. The first-order valence-electron chi connectivity index (χ1n) is 14.4. The maximum Gasteiger partial charge on any atom is 0.338 e. The van der Waals surface area contributed by atoms with E-state index in [1.807, 2.05) is 30.3 Å². The highest BCUT2D eigenvalue weighted by atomic mass is 35.5. The maximum atomic E-state index is 13.4. The van der Waals surface area contributed by atoms with Crippen molar-refractivity contribution in [2.75, 3.05) is 36.6 Å². The summed E-state index contributed by atoms with van der Waals surface area (Å²) in [6.07, 6.45) is 4.32. The SMILES string of the molecule is C=N/N=C\N(N)c1ccc(Cl)cc1/C=C/C(=O)N[C@@H](Cc1ccccc1)C(=O)Nc1ccc(C(=O)OCCN(CC)CC)cc1. The molecule has 0 fully saturated rings. The number of carbonyl (C=O) groups excluding carboxylic acids is 3. The molecular weight excluding hydrogens is 594 g/mol. The zero-order valence-corrected chi connectivity index (χ0v) is 26.1. The summed E-state index contributed by atoms with van der Waals surface area (Å²) in [5.41, 5.74) is 2.73. The van der Waals surface area contributed by atoms with Crippen molar-refractivity contribution in [2.24, 2.45) is 16.0 Å². The molecule has 0 aliphatic rings. The lowest BCUT2D eigenvalue weighted by Gasteiger charge is -2.19. The van der Waals surface area contributed by atoms with E-state index in [9.17, 15) is 14.4 Å². The summed E-state index contributed by atoms with van der Waals surface area (Å²) in [7, 11) is 0. The standard InChI is InChI=1S/C33H38ClN7O4/c1-4-40(5-2)19-20-45-33(44)25-11-15-28(16-12-25)38-32(43)29(21-24-9-7-6-8-10-24)39-31(42)18-13-26-22-27(34)14-17-30(26)41(35)23-37-36-3/h6-18,22-23,29H,3-5,19-21,35H2,1-2H3,(H,38,43)(H,39,42)/b18-13+,37-23-/t29-/m0/s1. The van der Waals surface area contributed by atoms with Crippen LogP contribution in [0.15, 0.2) is 89.1 Å². The number of ether oxygens (including phenoxy) is 1. The maximum absolute atomic E-state index is 13.4. The van der Waals surface area contributed by atoms with E-state index in [0.29, 0.717) is 40.7 Å². The van der Waals surface area contributed by atoms with Crippen molar-refractivity contribution < 1.29 is 19.1 Å². The third-order valence-electron chi connectivity index (χ3n) is 6.78. The fourth-order valence-corrected chi connectivity index (χ4v) is 4.48. The molecule has 3 aromatic carbocycles. The molecule has 0 heterocycles. The number of likely N-dealkylation sites (N-methyl/N-ethyl adjacent to an activating group) is 1. The number of rotatable bonds is 16. The molecule has 0 saturated carbocycles. The quantitative estimate of drug-likeness (QED) is 0.0526. The number of hydrogen-bond donors (Lipinski definition) is 3. The van der Waals surface area contributed by atoms with Crippen molar-refractivity contribution in [3.05, 3.63) is 101 Å². The summed E-state index contributed by atoms with van der Waals surface area (Å²) >= 11 is 6.17. The number of amides is 2. The van der Waals surface area contributed by atoms with Crippen molar-refractivity contribution in [2.45, 2.75) is 26.3 Å². The Morgan fingerprint density at radius 3 is 2.42 bits per heavy atom. The Bertz CT molecular complexity index is 1490. The summed E-state index contributed by atoms with van der Waals surface area (Å²) < 4.78 is 5.38. The first-order valence-corrected chi connectivity index (χ1v) is 14.8. The molecule has 0 radical (unpaired) electrons. The lowest BCUT2D eigenvalue weighted by molar-refractivity contribution is -0.123. The molecule has 4 N–H and O–H groups in total. The smallest absolute Gasteiger partial charge is 0.338 e. The van der Waals surface area contributed by atoms with Gasteiger partial charge in [-0.15, -0.1) is 5.10 Å². The Hall–Kier alpha value is -4.84. The fraction of sp³-hybridized carbons (Fsp3) is 0.242. The normalized spacial score (nSPS) is 11.8. The number of benzene rings is 3. The van der Waals surface area contributed by atoms with E-state index in [4.69, 9.17) is 22.2 Å². The largest absolute Gasteiger partial charge is 0.461 e. The van der Waals surface area contributed by atoms with Gasteiger partial charge in [-0.25, -0.2) is 10.6 Å². The van der Waals surface area contributed by atoms with Gasteiger partial charge in [0.15, 0.2) is 0 Å². The summed E-state index contributed by atoms with van der Waals surface area (Å²) in [5, 5.41) is 14.3. The summed E-state index contributed by atoms with van der Waals surface area (Å²) in [5.74, 6) is 4.65. The molecule has 0 spiro atoms. The Labute approximate surface area is 268 Å². The number of hydrazine groups is 1. The second kappa shape index (κ2) is 18.1. The summed E-state index contributed by atoms with van der Waals surface area (Å²) in [6, 6.07) is 19.8. The lowest BCUT2D eigenvalue weighted by atomic mass is 10.0. The van der Waals surface area contributed by atoms with Crippen molar-refractivity contribution in [3.63, 3.8) is 0 Å². The summed E-state index contributed by atoms with van der Waals surface area (Å²) in [6.45, 7) is 10.1. The molecular formula is C33H38ClN7O4. The highest BCUT2D eigenvalue weighted by Gasteiger charge is 2.21. The molecule has 2 amide bonds. The van der Waals surface area contributed by atoms with Crippen LogP contribution in [0.3, 0.4) is 0 Å². The highest BCUT2D eigenvalue weighted by Crippen LogP contribution is 2.23. The molecule has 45 heavy (non-hydrogen) atoms. The molecule has 1 atom stereocenters. The predicted molar refractivity (Wildman–Crippen MR) is 180 cm³/mol. The molecule has 0 unspecified atom stereocenters. The average Bonchev–Trinajstić information content (AvgIpc) is 3.05. The first kappa shape index (κ1) is 34.6. The van der Waals surface area contributed by atoms with Crippen molar-refractivity contribution >= 4 is 59.9 Å². The van der Waals surface area contributed by atoms with Crippen molar-refractivity contribution in [1.82, 2.24) is 10.2 Å². The molecule has 0 bridgehead atoms. The number of anilines is 2. The van der Waals surface area contributed by atoms with Crippen LogP contribution in [0.2, 0.25) is 5.02 Å². The Kier molecular flexibility index (Phi) is 13.9. The number of nitrogens with two attached hydrogens (primary N) is 1. The Balaban J connectivity index is 1.70. The van der Waals surface area contributed by atoms with Crippen molar-refractivity contribution in [3.8, 4) is 0 Å². The number of nitrogens with one attached hydrogen (secondary N) is 2. The zero-order valence-electron chi connectivity index (χ0n) is 25.4. The number of carbonyl (C=O) groups is 3. The zero-order chi connectivity index (χ0) is 32.6. The van der Waals surface area contributed by atoms with Crippen LogP contribution in [0.25, 0.3) is 6.08 Å². The topological polar surface area (TPSA) is 142 Å². The average molecular weight is 632 g/mol. The van der Waals surface area contributed by atoms with Gasteiger partial charge in [-0.1, -0.05) is 55.8 Å². The number of nitrogens with zero attached hydrogens (tertiary/aromatic N) is 4. The van der Waals surface area contributed by atoms with Crippen LogP contribution in [-0.2, 0) is 20.7 Å². The third kappa shape index (κ3) is 11.3. The second-order valence-electron chi connectivity index (χ2n) is 9.80. The molecule has 0 aliphatic carbocycles. The van der Waals surface area contributed by atoms with Crippen LogP contribution in [0.4, 0.5) is 11.4 Å². The van der Waals surface area contributed by atoms with Gasteiger partial charge in [0.1, 0.15) is 19.0 Å². The Morgan fingerprint density at radius 1 is 1.04 bits per heavy atom. The van der Waals surface area contributed by atoms with E-state index in [2.05, 4.69) is 46.3 Å². The lowest BCUT2D eigenvalue weighted by Crippen LogP contribution is -2.44. The van der Waals surface area contributed by atoms with Crippen LogP contribution in [0, 0.1) is 0 Å². The Morgan fingerprint density at radius 2 is 1.76 bits per heavy atom. The van der Waals surface area contributed by atoms with Gasteiger partial charge in [-0.2, -0.15) is 5.10 Å².